The largest absolute Gasteiger partial charge is 0.366 e. The van der Waals surface area contributed by atoms with E-state index in [0.29, 0.717) is 0 Å². The molecule has 3 rings (SSSR count). The monoisotopic (exact) mass is 346 g/mol. The maximum atomic E-state index is 4.49. The van der Waals surface area contributed by atoms with Gasteiger partial charge in [0.25, 0.3) is 0 Å². The SMILES string of the molecule is Cc1nc(NCc2ccccc2)cc(Nc2ccc(C(C)(C)C)cc2)n1. The highest BCUT2D eigenvalue weighted by Crippen LogP contribution is 2.25. The van der Waals surface area contributed by atoms with Crippen LogP contribution in [-0.4, -0.2) is 9.97 Å². The molecular weight excluding hydrogens is 320 g/mol. The number of benzene rings is 2. The number of nitrogens with zero attached hydrogens (tertiary/aromatic N) is 2. The van der Waals surface area contributed by atoms with Crippen LogP contribution in [0.3, 0.4) is 0 Å². The van der Waals surface area contributed by atoms with Gasteiger partial charge in [-0.15, -0.1) is 0 Å². The van der Waals surface area contributed by atoms with Gasteiger partial charge in [0.2, 0.25) is 0 Å². The summed E-state index contributed by atoms with van der Waals surface area (Å²) in [5, 5.41) is 6.74. The number of hydrogen-bond donors (Lipinski definition) is 2. The van der Waals surface area contributed by atoms with E-state index in [1.165, 1.54) is 11.1 Å². The van der Waals surface area contributed by atoms with Crippen LogP contribution in [0.15, 0.2) is 60.7 Å². The molecule has 0 atom stereocenters. The van der Waals surface area contributed by atoms with Gasteiger partial charge in [-0.3, -0.25) is 0 Å². The van der Waals surface area contributed by atoms with Crippen molar-refractivity contribution in [2.45, 2.75) is 39.7 Å². The predicted molar refractivity (Wildman–Crippen MR) is 109 cm³/mol. The highest BCUT2D eigenvalue weighted by molar-refractivity contribution is 5.59. The standard InChI is InChI=1S/C22H26N4/c1-16-24-20(23-15-17-8-6-5-7-9-17)14-21(25-16)26-19-12-10-18(11-13-19)22(2,3)4/h5-14H,15H2,1-4H3,(H2,23,24,25,26). The molecule has 0 spiro atoms. The van der Waals surface area contributed by atoms with Crippen LogP contribution in [0, 0.1) is 6.92 Å². The molecular formula is C22H26N4. The Labute approximate surface area is 155 Å². The van der Waals surface area contributed by atoms with Gasteiger partial charge in [-0.2, -0.15) is 0 Å². The van der Waals surface area contributed by atoms with E-state index in [9.17, 15) is 0 Å². The lowest BCUT2D eigenvalue weighted by atomic mass is 9.87. The van der Waals surface area contributed by atoms with E-state index in [2.05, 4.69) is 77.8 Å². The van der Waals surface area contributed by atoms with Gasteiger partial charge in [0.05, 0.1) is 0 Å². The second-order valence-corrected chi connectivity index (χ2v) is 7.48. The van der Waals surface area contributed by atoms with Gasteiger partial charge in [0.1, 0.15) is 17.5 Å². The molecule has 2 aromatic carbocycles. The lowest BCUT2D eigenvalue weighted by Crippen LogP contribution is -2.10. The molecule has 1 aromatic heterocycles. The third-order valence-corrected chi connectivity index (χ3v) is 4.18. The Morgan fingerprint density at radius 1 is 0.846 bits per heavy atom. The Balaban J connectivity index is 1.71. The zero-order valence-corrected chi connectivity index (χ0v) is 15.9. The minimum absolute atomic E-state index is 0.151. The molecule has 0 saturated heterocycles. The van der Waals surface area contributed by atoms with Crippen LogP contribution in [0.5, 0.6) is 0 Å². The molecule has 0 amide bonds. The Bertz CT molecular complexity index is 850. The lowest BCUT2D eigenvalue weighted by molar-refractivity contribution is 0.590. The van der Waals surface area contributed by atoms with Crippen molar-refractivity contribution in [1.29, 1.82) is 0 Å². The number of aromatic nitrogens is 2. The van der Waals surface area contributed by atoms with Gasteiger partial charge in [-0.25, -0.2) is 9.97 Å². The van der Waals surface area contributed by atoms with E-state index in [1.54, 1.807) is 0 Å². The minimum atomic E-state index is 0.151. The fourth-order valence-corrected chi connectivity index (χ4v) is 2.71. The van der Waals surface area contributed by atoms with Gasteiger partial charge in [0, 0.05) is 18.3 Å². The van der Waals surface area contributed by atoms with Crippen molar-refractivity contribution >= 4 is 17.3 Å². The Morgan fingerprint density at radius 3 is 2.15 bits per heavy atom. The molecule has 0 bridgehead atoms. The molecule has 3 aromatic rings. The van der Waals surface area contributed by atoms with E-state index in [4.69, 9.17) is 0 Å². The van der Waals surface area contributed by atoms with Crippen molar-refractivity contribution in [3.05, 3.63) is 77.6 Å². The summed E-state index contributed by atoms with van der Waals surface area (Å²) in [6.45, 7) is 9.29. The quantitative estimate of drug-likeness (QED) is 0.646. The maximum absolute atomic E-state index is 4.49. The highest BCUT2D eigenvalue weighted by Gasteiger charge is 2.13. The average molecular weight is 346 g/mol. The topological polar surface area (TPSA) is 49.8 Å². The zero-order chi connectivity index (χ0) is 18.6. The molecule has 1 heterocycles. The summed E-state index contributed by atoms with van der Waals surface area (Å²) in [5.41, 5.74) is 3.70. The summed E-state index contributed by atoms with van der Waals surface area (Å²) >= 11 is 0. The summed E-state index contributed by atoms with van der Waals surface area (Å²) in [7, 11) is 0. The summed E-state index contributed by atoms with van der Waals surface area (Å²) < 4.78 is 0. The Morgan fingerprint density at radius 2 is 1.50 bits per heavy atom. The van der Waals surface area contributed by atoms with Crippen LogP contribution in [0.25, 0.3) is 0 Å². The van der Waals surface area contributed by atoms with Crippen molar-refractivity contribution in [3.63, 3.8) is 0 Å². The first-order valence-corrected chi connectivity index (χ1v) is 8.91. The van der Waals surface area contributed by atoms with Gasteiger partial charge < -0.3 is 10.6 Å². The van der Waals surface area contributed by atoms with Crippen LogP contribution in [0.4, 0.5) is 17.3 Å². The molecule has 0 unspecified atom stereocenters. The van der Waals surface area contributed by atoms with Crippen LogP contribution in [0.1, 0.15) is 37.7 Å². The number of anilines is 3. The van der Waals surface area contributed by atoms with Gasteiger partial charge >= 0.3 is 0 Å². The number of hydrogen-bond acceptors (Lipinski definition) is 4. The average Bonchev–Trinajstić information content (AvgIpc) is 2.60. The highest BCUT2D eigenvalue weighted by atomic mass is 15.1. The molecule has 134 valence electrons. The fraction of sp³-hybridized carbons (Fsp3) is 0.273. The van der Waals surface area contributed by atoms with E-state index in [-0.39, 0.29) is 5.41 Å². The molecule has 0 aliphatic carbocycles. The minimum Gasteiger partial charge on any atom is -0.366 e. The first-order valence-electron chi connectivity index (χ1n) is 8.91. The second kappa shape index (κ2) is 7.56. The number of nitrogens with one attached hydrogen (secondary N) is 2. The molecule has 0 aliphatic heterocycles. The first-order chi connectivity index (χ1) is 12.4. The van der Waals surface area contributed by atoms with E-state index in [1.807, 2.05) is 31.2 Å². The lowest BCUT2D eigenvalue weighted by Gasteiger charge is -2.19. The Kier molecular flexibility index (Phi) is 5.21. The summed E-state index contributed by atoms with van der Waals surface area (Å²) in [6.07, 6.45) is 0. The maximum Gasteiger partial charge on any atom is 0.136 e. The smallest absolute Gasteiger partial charge is 0.136 e. The van der Waals surface area contributed by atoms with Crippen LogP contribution in [0.2, 0.25) is 0 Å². The van der Waals surface area contributed by atoms with E-state index in [0.717, 1.165) is 29.7 Å². The molecule has 0 fully saturated rings. The van der Waals surface area contributed by atoms with Crippen molar-refractivity contribution in [1.82, 2.24) is 9.97 Å². The van der Waals surface area contributed by atoms with Gasteiger partial charge in [-0.05, 0) is 35.6 Å². The molecule has 2 N–H and O–H groups in total. The van der Waals surface area contributed by atoms with Crippen molar-refractivity contribution in [3.8, 4) is 0 Å². The molecule has 4 heteroatoms. The third kappa shape index (κ3) is 4.82. The normalized spacial score (nSPS) is 11.2. The molecule has 26 heavy (non-hydrogen) atoms. The predicted octanol–water partition coefficient (Wildman–Crippen LogP) is 5.44. The first kappa shape index (κ1) is 17.9. The number of rotatable bonds is 5. The third-order valence-electron chi connectivity index (χ3n) is 4.18. The Hall–Kier alpha value is -2.88. The molecule has 0 aliphatic rings. The van der Waals surface area contributed by atoms with Crippen molar-refractivity contribution in [2.75, 3.05) is 10.6 Å². The van der Waals surface area contributed by atoms with Crippen molar-refractivity contribution < 1.29 is 0 Å². The van der Waals surface area contributed by atoms with E-state index >= 15 is 0 Å². The van der Waals surface area contributed by atoms with Crippen LogP contribution in [-0.2, 0) is 12.0 Å². The van der Waals surface area contributed by atoms with Crippen LogP contribution >= 0.6 is 0 Å². The zero-order valence-electron chi connectivity index (χ0n) is 15.9. The summed E-state index contributed by atoms with van der Waals surface area (Å²) in [4.78, 5) is 8.97. The summed E-state index contributed by atoms with van der Waals surface area (Å²) in [6, 6.07) is 20.7. The molecule has 4 nitrogen and oxygen atoms in total. The van der Waals surface area contributed by atoms with Crippen LogP contribution < -0.4 is 10.6 Å². The van der Waals surface area contributed by atoms with E-state index < -0.39 is 0 Å². The number of aryl methyl sites for hydroxylation is 1. The van der Waals surface area contributed by atoms with Gasteiger partial charge in [0.15, 0.2) is 0 Å². The van der Waals surface area contributed by atoms with Gasteiger partial charge in [-0.1, -0.05) is 63.2 Å². The fourth-order valence-electron chi connectivity index (χ4n) is 2.71. The molecule has 0 radical (unpaired) electrons. The van der Waals surface area contributed by atoms with Crippen molar-refractivity contribution in [2.24, 2.45) is 0 Å². The second-order valence-electron chi connectivity index (χ2n) is 7.48. The summed E-state index contributed by atoms with van der Waals surface area (Å²) in [5.74, 6) is 2.34. The molecule has 0 saturated carbocycles.